The number of aromatic nitrogens is 2. The molecule has 2 N–H and O–H groups in total. The molecule has 0 aliphatic heterocycles. The molecule has 0 spiro atoms. The molecule has 0 saturated carbocycles. The summed E-state index contributed by atoms with van der Waals surface area (Å²) in [6.45, 7) is 3.98. The number of para-hydroxylation sites is 2. The van der Waals surface area contributed by atoms with Crippen LogP contribution in [0.25, 0.3) is 55.4 Å². The van der Waals surface area contributed by atoms with Crippen molar-refractivity contribution in [3.8, 4) is 33.6 Å². The molecule has 0 fully saturated rings. The summed E-state index contributed by atoms with van der Waals surface area (Å²) >= 11 is 0. The number of hydrogen-bond acceptors (Lipinski definition) is 4. The van der Waals surface area contributed by atoms with Crippen molar-refractivity contribution in [3.05, 3.63) is 180 Å². The normalized spacial score (nSPS) is 11.0. The smallest absolute Gasteiger partial charge is 0.256 e. The number of fused-ring (bicyclic) bond motifs is 2. The third-order valence-electron chi connectivity index (χ3n) is 9.34. The Balaban J connectivity index is 1.03. The molecule has 250 valence electrons. The van der Waals surface area contributed by atoms with Crippen LogP contribution < -0.4 is 10.6 Å². The van der Waals surface area contributed by atoms with Crippen LogP contribution in [0.1, 0.15) is 31.8 Å². The first-order chi connectivity index (χ1) is 25.4. The summed E-state index contributed by atoms with van der Waals surface area (Å²) in [4.78, 5) is 37.2. The Hall–Kier alpha value is -6.92. The molecule has 0 radical (unpaired) electrons. The molecule has 2 heterocycles. The van der Waals surface area contributed by atoms with Gasteiger partial charge < -0.3 is 10.6 Å². The van der Waals surface area contributed by atoms with E-state index in [9.17, 15) is 9.59 Å². The maximum absolute atomic E-state index is 13.8. The Labute approximate surface area is 301 Å². The molecule has 0 unspecified atom stereocenters. The molecule has 0 atom stereocenters. The lowest BCUT2D eigenvalue weighted by molar-refractivity contribution is 0.102. The zero-order chi connectivity index (χ0) is 35.6. The molecule has 0 aliphatic carbocycles. The number of carbonyl (C=O) groups is 2. The third kappa shape index (κ3) is 6.41. The fourth-order valence-corrected chi connectivity index (χ4v) is 6.59. The van der Waals surface area contributed by atoms with Gasteiger partial charge in [0.05, 0.1) is 33.5 Å². The van der Waals surface area contributed by atoms with E-state index in [0.29, 0.717) is 11.1 Å². The lowest BCUT2D eigenvalue weighted by atomic mass is 9.99. The number of carbonyl (C=O) groups excluding carboxylic acids is 2. The lowest BCUT2D eigenvalue weighted by Gasteiger charge is -2.15. The van der Waals surface area contributed by atoms with Gasteiger partial charge in [-0.25, -0.2) is 9.97 Å². The summed E-state index contributed by atoms with van der Waals surface area (Å²) in [5.74, 6) is -0.388. The first-order valence-electron chi connectivity index (χ1n) is 17.2. The van der Waals surface area contributed by atoms with Gasteiger partial charge in [-0.1, -0.05) is 109 Å². The average molecular weight is 675 g/mol. The minimum atomic E-state index is -0.194. The number of rotatable bonds is 7. The highest BCUT2D eigenvalue weighted by Crippen LogP contribution is 2.31. The molecule has 0 aliphatic rings. The number of anilines is 2. The second-order valence-electron chi connectivity index (χ2n) is 12.8. The summed E-state index contributed by atoms with van der Waals surface area (Å²) in [6, 6.07) is 50.9. The molecule has 2 amide bonds. The minimum absolute atomic E-state index is 0.194. The minimum Gasteiger partial charge on any atom is -0.322 e. The van der Waals surface area contributed by atoms with Gasteiger partial charge in [0.2, 0.25) is 0 Å². The molecule has 6 aromatic carbocycles. The van der Waals surface area contributed by atoms with Crippen LogP contribution in [0, 0.1) is 13.8 Å². The van der Waals surface area contributed by atoms with Crippen molar-refractivity contribution >= 4 is 45.0 Å². The van der Waals surface area contributed by atoms with Gasteiger partial charge in [-0.05, 0) is 84.6 Å². The Morgan fingerprint density at radius 1 is 0.423 bits per heavy atom. The van der Waals surface area contributed by atoms with Gasteiger partial charge in [0.1, 0.15) is 0 Å². The van der Waals surface area contributed by atoms with Crippen molar-refractivity contribution in [2.75, 3.05) is 10.6 Å². The largest absolute Gasteiger partial charge is 0.322 e. The van der Waals surface area contributed by atoms with Gasteiger partial charge in [0.25, 0.3) is 11.8 Å². The lowest BCUT2D eigenvalue weighted by Crippen LogP contribution is -2.14. The van der Waals surface area contributed by atoms with Crippen LogP contribution in [0.3, 0.4) is 0 Å². The highest BCUT2D eigenvalue weighted by atomic mass is 16.2. The maximum atomic E-state index is 13.8. The van der Waals surface area contributed by atoms with E-state index >= 15 is 0 Å². The predicted octanol–water partition coefficient (Wildman–Crippen LogP) is 10.9. The number of pyridine rings is 2. The van der Waals surface area contributed by atoms with Gasteiger partial charge in [0.15, 0.2) is 0 Å². The summed E-state index contributed by atoms with van der Waals surface area (Å²) < 4.78 is 0. The highest BCUT2D eigenvalue weighted by molar-refractivity contribution is 6.14. The number of aryl methyl sites for hydroxylation is 2. The van der Waals surface area contributed by atoms with Crippen LogP contribution in [0.5, 0.6) is 0 Å². The monoisotopic (exact) mass is 674 g/mol. The van der Waals surface area contributed by atoms with Crippen molar-refractivity contribution in [3.63, 3.8) is 0 Å². The quantitative estimate of drug-likeness (QED) is 0.176. The van der Waals surface area contributed by atoms with Gasteiger partial charge >= 0.3 is 0 Å². The summed E-state index contributed by atoms with van der Waals surface area (Å²) in [5.41, 5.74) is 11.4. The van der Waals surface area contributed by atoms with E-state index in [4.69, 9.17) is 9.97 Å². The highest BCUT2D eigenvalue weighted by Gasteiger charge is 2.17. The van der Waals surface area contributed by atoms with E-state index < -0.39 is 0 Å². The van der Waals surface area contributed by atoms with Crippen LogP contribution >= 0.6 is 0 Å². The molecule has 0 bridgehead atoms. The zero-order valence-electron chi connectivity index (χ0n) is 28.7. The van der Waals surface area contributed by atoms with Crippen LogP contribution in [-0.4, -0.2) is 21.8 Å². The molecular weight excluding hydrogens is 641 g/mol. The number of amides is 2. The van der Waals surface area contributed by atoms with Crippen molar-refractivity contribution in [1.82, 2.24) is 9.97 Å². The van der Waals surface area contributed by atoms with E-state index in [-0.39, 0.29) is 11.8 Å². The van der Waals surface area contributed by atoms with Crippen LogP contribution in [-0.2, 0) is 0 Å². The third-order valence-corrected chi connectivity index (χ3v) is 9.34. The number of nitrogens with one attached hydrogen (secondary N) is 2. The van der Waals surface area contributed by atoms with Crippen LogP contribution in [0.4, 0.5) is 11.4 Å². The molecule has 6 nitrogen and oxygen atoms in total. The average Bonchev–Trinajstić information content (AvgIpc) is 3.19. The Morgan fingerprint density at radius 2 is 0.808 bits per heavy atom. The fourth-order valence-electron chi connectivity index (χ4n) is 6.59. The maximum Gasteiger partial charge on any atom is 0.256 e. The van der Waals surface area contributed by atoms with Crippen LogP contribution in [0.2, 0.25) is 0 Å². The van der Waals surface area contributed by atoms with E-state index in [2.05, 4.69) is 22.8 Å². The van der Waals surface area contributed by atoms with E-state index in [0.717, 1.165) is 77.9 Å². The molecule has 2 aromatic heterocycles. The van der Waals surface area contributed by atoms with E-state index in [1.807, 2.05) is 159 Å². The number of benzene rings is 6. The van der Waals surface area contributed by atoms with E-state index in [1.165, 1.54) is 0 Å². The molecule has 8 rings (SSSR count). The van der Waals surface area contributed by atoms with Crippen molar-refractivity contribution in [2.24, 2.45) is 0 Å². The van der Waals surface area contributed by atoms with Crippen molar-refractivity contribution < 1.29 is 9.59 Å². The topological polar surface area (TPSA) is 84.0 Å². The van der Waals surface area contributed by atoms with Gasteiger partial charge in [-0.15, -0.1) is 0 Å². The van der Waals surface area contributed by atoms with Gasteiger partial charge in [-0.2, -0.15) is 0 Å². The summed E-state index contributed by atoms with van der Waals surface area (Å²) in [5, 5.41) is 7.88. The number of hydrogen-bond donors (Lipinski definition) is 2. The van der Waals surface area contributed by atoms with E-state index in [1.54, 1.807) is 0 Å². The first-order valence-corrected chi connectivity index (χ1v) is 17.2. The Morgan fingerprint density at radius 3 is 1.21 bits per heavy atom. The molecule has 52 heavy (non-hydrogen) atoms. The SMILES string of the molecule is Cc1cc(-c2ccc(NC(=O)c3cc(-c4ccccc4)nc4ccccc34)c(C)c2)ccc1NC(=O)c1cc(-c2ccccc2)nc2ccccc12. The van der Waals surface area contributed by atoms with Gasteiger partial charge in [0, 0.05) is 33.3 Å². The van der Waals surface area contributed by atoms with Crippen LogP contribution in [0.15, 0.2) is 158 Å². The Bertz CT molecular complexity index is 2450. The predicted molar refractivity (Wildman–Crippen MR) is 212 cm³/mol. The van der Waals surface area contributed by atoms with Gasteiger partial charge in [-0.3, -0.25) is 9.59 Å². The summed E-state index contributed by atoms with van der Waals surface area (Å²) in [6.07, 6.45) is 0. The summed E-state index contributed by atoms with van der Waals surface area (Å²) in [7, 11) is 0. The molecule has 8 aromatic rings. The molecular formula is C46H34N4O2. The molecule has 0 saturated heterocycles. The number of nitrogens with zero attached hydrogens (tertiary/aromatic N) is 2. The first kappa shape index (κ1) is 32.3. The molecule has 6 heteroatoms. The second-order valence-corrected chi connectivity index (χ2v) is 12.8. The standard InChI is InChI=1S/C46H34N4O2/c1-29-25-33(21-23-39(29)49-45(51)37-27-43(31-13-5-3-6-14-31)47-41-19-11-9-17-35(37)41)34-22-24-40(30(2)26-34)50-46(52)38-28-44(32-15-7-4-8-16-32)48-42-20-12-10-18-36(38)42/h3-28H,1-2H3,(H,49,51)(H,50,52). The van der Waals surface area contributed by atoms with Crippen molar-refractivity contribution in [1.29, 1.82) is 0 Å². The van der Waals surface area contributed by atoms with Crippen molar-refractivity contribution in [2.45, 2.75) is 13.8 Å². The Kier molecular flexibility index (Phi) is 8.55. The fraction of sp³-hybridized carbons (Fsp3) is 0.0435. The zero-order valence-corrected chi connectivity index (χ0v) is 28.7. The second kappa shape index (κ2) is 13.8.